The number of ketones is 1. The van der Waals surface area contributed by atoms with Crippen molar-refractivity contribution in [2.45, 2.75) is 38.3 Å². The van der Waals surface area contributed by atoms with Gasteiger partial charge < -0.3 is 4.90 Å². The quantitative estimate of drug-likeness (QED) is 0.320. The van der Waals surface area contributed by atoms with Gasteiger partial charge in [0.1, 0.15) is 0 Å². The molecule has 0 bridgehead atoms. The molecule has 0 saturated heterocycles. The van der Waals surface area contributed by atoms with Gasteiger partial charge >= 0.3 is 0 Å². The molecular weight excluding hydrogens is 512 g/mol. The van der Waals surface area contributed by atoms with Gasteiger partial charge in [-0.1, -0.05) is 48.0 Å². The molecule has 0 unspecified atom stereocenters. The predicted molar refractivity (Wildman–Crippen MR) is 149 cm³/mol. The van der Waals surface area contributed by atoms with Crippen molar-refractivity contribution in [1.29, 1.82) is 0 Å². The average Bonchev–Trinajstić information content (AvgIpc) is 3.26. The second kappa shape index (κ2) is 10.6. The molecular formula is C30H30N4O4S. The third-order valence-corrected chi connectivity index (χ3v) is 8.97. The van der Waals surface area contributed by atoms with Gasteiger partial charge in [0.25, 0.3) is 5.91 Å². The summed E-state index contributed by atoms with van der Waals surface area (Å²) in [5.41, 5.74) is 5.24. The highest BCUT2D eigenvalue weighted by Crippen LogP contribution is 2.29. The lowest BCUT2D eigenvalue weighted by molar-refractivity contribution is 0.0982. The fourth-order valence-electron chi connectivity index (χ4n) is 4.88. The van der Waals surface area contributed by atoms with E-state index in [9.17, 15) is 18.0 Å². The minimum atomic E-state index is -3.79. The normalized spacial score (nSPS) is 13.6. The van der Waals surface area contributed by atoms with Crippen molar-refractivity contribution in [2.24, 2.45) is 7.05 Å². The molecule has 0 aliphatic carbocycles. The van der Waals surface area contributed by atoms with E-state index in [-0.39, 0.29) is 29.7 Å². The van der Waals surface area contributed by atoms with Crippen molar-refractivity contribution in [3.8, 4) is 0 Å². The number of Topliss-reactive ketones (excluding diaryl/α,β-unsaturated/α-hetero) is 1. The maximum absolute atomic E-state index is 13.7. The lowest BCUT2D eigenvalue weighted by Gasteiger charge is -2.28. The number of benzene rings is 3. The number of aryl methyl sites for hydroxylation is 2. The second-order valence-electron chi connectivity index (χ2n) is 9.76. The third-order valence-electron chi connectivity index (χ3n) is 7.11. The van der Waals surface area contributed by atoms with Gasteiger partial charge in [0.05, 0.1) is 17.1 Å². The van der Waals surface area contributed by atoms with Crippen molar-refractivity contribution in [3.05, 3.63) is 113 Å². The van der Waals surface area contributed by atoms with Crippen molar-refractivity contribution in [1.82, 2.24) is 14.1 Å². The summed E-state index contributed by atoms with van der Waals surface area (Å²) >= 11 is 0. The summed E-state index contributed by atoms with van der Waals surface area (Å²) in [6, 6.07) is 22.9. The van der Waals surface area contributed by atoms with Gasteiger partial charge in [0, 0.05) is 54.6 Å². The van der Waals surface area contributed by atoms with Gasteiger partial charge in [-0.25, -0.2) is 8.42 Å². The number of carbonyl (C=O) groups is 2. The van der Waals surface area contributed by atoms with Crippen LogP contribution in [0.25, 0.3) is 0 Å². The van der Waals surface area contributed by atoms with Crippen molar-refractivity contribution in [2.75, 3.05) is 11.4 Å². The topological polar surface area (TPSA) is 92.6 Å². The molecule has 2 heterocycles. The smallest absolute Gasteiger partial charge is 0.258 e. The number of aromatic nitrogens is 2. The van der Waals surface area contributed by atoms with Gasteiger partial charge in [0.2, 0.25) is 10.0 Å². The fourth-order valence-corrected chi connectivity index (χ4v) is 6.29. The summed E-state index contributed by atoms with van der Waals surface area (Å²) in [7, 11) is -1.95. The number of fused-ring (bicyclic) bond motifs is 1. The van der Waals surface area contributed by atoms with E-state index in [1.807, 2.05) is 68.6 Å². The molecule has 0 atom stereocenters. The maximum Gasteiger partial charge on any atom is 0.258 e. The Labute approximate surface area is 228 Å². The number of nitrogens with zero attached hydrogens (tertiary/aromatic N) is 4. The van der Waals surface area contributed by atoms with Crippen LogP contribution in [0.5, 0.6) is 0 Å². The summed E-state index contributed by atoms with van der Waals surface area (Å²) in [6.07, 6.45) is 0.501. The van der Waals surface area contributed by atoms with Crippen LogP contribution in [0.15, 0.2) is 83.8 Å². The third kappa shape index (κ3) is 5.28. The molecule has 0 spiro atoms. The van der Waals surface area contributed by atoms with Crippen LogP contribution in [0.3, 0.4) is 0 Å². The molecule has 0 fully saturated rings. The van der Waals surface area contributed by atoms with Gasteiger partial charge in [-0.05, 0) is 50.2 Å². The number of sulfonamides is 1. The summed E-state index contributed by atoms with van der Waals surface area (Å²) in [4.78, 5) is 27.1. The van der Waals surface area contributed by atoms with Gasteiger partial charge in [-0.2, -0.15) is 9.40 Å². The minimum Gasteiger partial charge on any atom is -0.302 e. The lowest BCUT2D eigenvalue weighted by atomic mass is 10.1. The predicted octanol–water partition coefficient (Wildman–Crippen LogP) is 4.53. The Morgan fingerprint density at radius 2 is 1.56 bits per heavy atom. The molecule has 0 N–H and O–H groups in total. The van der Waals surface area contributed by atoms with E-state index in [0.717, 1.165) is 22.5 Å². The molecule has 4 aromatic rings. The van der Waals surface area contributed by atoms with Crippen molar-refractivity contribution in [3.63, 3.8) is 0 Å². The molecule has 1 aliphatic heterocycles. The van der Waals surface area contributed by atoms with E-state index in [1.54, 1.807) is 9.58 Å². The zero-order valence-corrected chi connectivity index (χ0v) is 23.0. The molecule has 1 amide bonds. The Hall–Kier alpha value is -4.08. The van der Waals surface area contributed by atoms with Gasteiger partial charge in [0.15, 0.2) is 5.78 Å². The SMILES string of the molecule is CC(=O)c1ccc(S(=O)(=O)N2CCc3c(c(CN(C(=O)c4ccc(C)cc4)c4ccccc4)nn3C)C2)cc1. The largest absolute Gasteiger partial charge is 0.302 e. The summed E-state index contributed by atoms with van der Waals surface area (Å²) in [6.45, 7) is 4.08. The molecule has 1 aromatic heterocycles. The van der Waals surface area contributed by atoms with E-state index >= 15 is 0 Å². The van der Waals surface area contributed by atoms with Crippen LogP contribution in [-0.4, -0.2) is 40.7 Å². The molecule has 0 radical (unpaired) electrons. The van der Waals surface area contributed by atoms with E-state index < -0.39 is 10.0 Å². The number of rotatable bonds is 7. The summed E-state index contributed by atoms with van der Waals surface area (Å²) < 4.78 is 30.2. The van der Waals surface area contributed by atoms with Crippen LogP contribution < -0.4 is 4.90 Å². The molecule has 3 aromatic carbocycles. The monoisotopic (exact) mass is 542 g/mol. The number of para-hydroxylation sites is 1. The number of carbonyl (C=O) groups excluding carboxylic acids is 2. The van der Waals surface area contributed by atoms with Gasteiger partial charge in [-0.3, -0.25) is 14.3 Å². The van der Waals surface area contributed by atoms with E-state index in [4.69, 9.17) is 5.10 Å². The second-order valence-corrected chi connectivity index (χ2v) is 11.7. The van der Waals surface area contributed by atoms with Gasteiger partial charge in [-0.15, -0.1) is 0 Å². The Bertz CT molecular complexity index is 1630. The average molecular weight is 543 g/mol. The molecule has 39 heavy (non-hydrogen) atoms. The fraction of sp³-hybridized carbons (Fsp3) is 0.233. The van der Waals surface area contributed by atoms with Crippen LogP contribution in [0, 0.1) is 6.92 Å². The van der Waals surface area contributed by atoms with E-state index in [0.29, 0.717) is 29.8 Å². The number of anilines is 1. The Balaban J connectivity index is 1.47. The minimum absolute atomic E-state index is 0.121. The highest BCUT2D eigenvalue weighted by atomic mass is 32.2. The van der Waals surface area contributed by atoms with Crippen LogP contribution in [-0.2, 0) is 36.6 Å². The standard InChI is InChI=1S/C30H30N4O4S/c1-21-9-11-24(12-10-21)30(36)34(25-7-5-4-6-8-25)20-28-27-19-33(18-17-29(27)32(3)31-28)39(37,38)26-15-13-23(14-16-26)22(2)35/h4-16H,17-20H2,1-3H3. The highest BCUT2D eigenvalue weighted by Gasteiger charge is 2.33. The Kier molecular flexibility index (Phi) is 7.20. The highest BCUT2D eigenvalue weighted by molar-refractivity contribution is 7.89. The van der Waals surface area contributed by atoms with E-state index in [1.165, 1.54) is 35.5 Å². The first kappa shape index (κ1) is 26.5. The zero-order valence-electron chi connectivity index (χ0n) is 22.2. The first-order valence-corrected chi connectivity index (χ1v) is 14.2. The Morgan fingerprint density at radius 3 is 2.21 bits per heavy atom. The number of amides is 1. The molecule has 9 heteroatoms. The molecule has 200 valence electrons. The number of hydrogen-bond donors (Lipinski definition) is 0. The molecule has 1 aliphatic rings. The summed E-state index contributed by atoms with van der Waals surface area (Å²) in [5.74, 6) is -0.281. The van der Waals surface area contributed by atoms with Crippen LogP contribution in [0.2, 0.25) is 0 Å². The van der Waals surface area contributed by atoms with Crippen LogP contribution in [0.4, 0.5) is 5.69 Å². The molecule has 5 rings (SSSR count). The zero-order chi connectivity index (χ0) is 27.7. The van der Waals surface area contributed by atoms with Crippen molar-refractivity contribution < 1.29 is 18.0 Å². The van der Waals surface area contributed by atoms with E-state index in [2.05, 4.69) is 0 Å². The first-order valence-electron chi connectivity index (χ1n) is 12.7. The number of hydrogen-bond acceptors (Lipinski definition) is 5. The lowest BCUT2D eigenvalue weighted by Crippen LogP contribution is -2.37. The Morgan fingerprint density at radius 1 is 0.923 bits per heavy atom. The maximum atomic E-state index is 13.7. The van der Waals surface area contributed by atoms with Crippen molar-refractivity contribution >= 4 is 27.4 Å². The molecule has 8 nitrogen and oxygen atoms in total. The molecule has 0 saturated carbocycles. The van der Waals surface area contributed by atoms with Crippen LogP contribution >= 0.6 is 0 Å². The van der Waals surface area contributed by atoms with Crippen LogP contribution in [0.1, 0.15) is 50.2 Å². The first-order chi connectivity index (χ1) is 18.6. The summed E-state index contributed by atoms with van der Waals surface area (Å²) in [5, 5.41) is 4.73.